The van der Waals surface area contributed by atoms with Crippen molar-refractivity contribution in [2.24, 2.45) is 0 Å². The summed E-state index contributed by atoms with van der Waals surface area (Å²) in [5, 5.41) is 0. The number of rotatable bonds is 57. The normalized spacial score (nSPS) is 12.1. The molecule has 0 aliphatic rings. The quantitative estimate of drug-likeness (QED) is 0.0261. The Bertz CT molecular complexity index is 1110. The number of allylic oxidation sites excluding steroid dienone is 4. The lowest BCUT2D eigenvalue weighted by Crippen LogP contribution is -2.30. The van der Waals surface area contributed by atoms with Gasteiger partial charge in [-0.25, -0.2) is 0 Å². The predicted molar refractivity (Wildman–Crippen MR) is 298 cm³/mol. The number of hydrogen-bond donors (Lipinski definition) is 0. The number of carbonyl (C=O) groups is 3. The van der Waals surface area contributed by atoms with E-state index in [0.717, 1.165) is 64.2 Å². The average molecular weight is 972 g/mol. The third-order valence-electron chi connectivity index (χ3n) is 13.9. The average Bonchev–Trinajstić information content (AvgIpc) is 3.35. The van der Waals surface area contributed by atoms with E-state index >= 15 is 0 Å². The largest absolute Gasteiger partial charge is 0.462 e. The SMILES string of the molecule is CCCCCC/C=C\CCCCCCCC(=O)OCC(COC(=O)CCCCCCCCCCC/C=C\CCCCCCCCCC)OC(=O)CCCCCCCCCCCCCCCCCCC. The highest BCUT2D eigenvalue weighted by Crippen LogP contribution is 2.17. The van der Waals surface area contributed by atoms with Crippen molar-refractivity contribution in [3.63, 3.8) is 0 Å². The lowest BCUT2D eigenvalue weighted by Gasteiger charge is -2.18. The highest BCUT2D eigenvalue weighted by Gasteiger charge is 2.19. The van der Waals surface area contributed by atoms with Crippen LogP contribution in [0.2, 0.25) is 0 Å². The Morgan fingerprint density at radius 2 is 0.478 bits per heavy atom. The van der Waals surface area contributed by atoms with Gasteiger partial charge in [-0.05, 0) is 70.6 Å². The maximum absolute atomic E-state index is 12.9. The van der Waals surface area contributed by atoms with E-state index in [9.17, 15) is 14.4 Å². The Balaban J connectivity index is 4.29. The molecule has 0 aromatic carbocycles. The van der Waals surface area contributed by atoms with Crippen LogP contribution in [0.1, 0.15) is 342 Å². The summed E-state index contributed by atoms with van der Waals surface area (Å²) in [5.74, 6) is -0.858. The van der Waals surface area contributed by atoms with Gasteiger partial charge in [-0.3, -0.25) is 14.4 Å². The van der Waals surface area contributed by atoms with E-state index in [1.807, 2.05) is 0 Å². The van der Waals surface area contributed by atoms with Gasteiger partial charge in [-0.1, -0.05) is 276 Å². The van der Waals surface area contributed by atoms with Gasteiger partial charge < -0.3 is 14.2 Å². The first-order valence-electron chi connectivity index (χ1n) is 30.8. The second kappa shape index (κ2) is 58.5. The summed E-state index contributed by atoms with van der Waals surface area (Å²) >= 11 is 0. The fourth-order valence-corrected chi connectivity index (χ4v) is 9.26. The van der Waals surface area contributed by atoms with E-state index < -0.39 is 6.10 Å². The van der Waals surface area contributed by atoms with E-state index in [1.165, 1.54) is 238 Å². The minimum atomic E-state index is -0.772. The summed E-state index contributed by atoms with van der Waals surface area (Å²) in [6.45, 7) is 6.67. The Morgan fingerprint density at radius 1 is 0.275 bits per heavy atom. The zero-order valence-electron chi connectivity index (χ0n) is 46.6. The van der Waals surface area contributed by atoms with Gasteiger partial charge >= 0.3 is 17.9 Å². The molecule has 0 heterocycles. The molecule has 0 fully saturated rings. The van der Waals surface area contributed by atoms with Gasteiger partial charge in [0.05, 0.1) is 0 Å². The molecule has 0 spiro atoms. The summed E-state index contributed by atoms with van der Waals surface area (Å²) in [7, 11) is 0. The fourth-order valence-electron chi connectivity index (χ4n) is 9.26. The summed E-state index contributed by atoms with van der Waals surface area (Å²) in [6, 6.07) is 0. The van der Waals surface area contributed by atoms with Crippen molar-refractivity contribution in [2.45, 2.75) is 348 Å². The van der Waals surface area contributed by atoms with Gasteiger partial charge in [-0.2, -0.15) is 0 Å². The molecule has 1 unspecified atom stereocenters. The Kier molecular flexibility index (Phi) is 56.7. The molecular weight excluding hydrogens is 853 g/mol. The van der Waals surface area contributed by atoms with Gasteiger partial charge in [0.1, 0.15) is 13.2 Å². The van der Waals surface area contributed by atoms with Crippen LogP contribution in [0.4, 0.5) is 0 Å². The van der Waals surface area contributed by atoms with Crippen LogP contribution in [0.3, 0.4) is 0 Å². The molecule has 0 aliphatic heterocycles. The van der Waals surface area contributed by atoms with Gasteiger partial charge in [0.2, 0.25) is 0 Å². The maximum atomic E-state index is 12.9. The molecule has 6 nitrogen and oxygen atoms in total. The van der Waals surface area contributed by atoms with Crippen molar-refractivity contribution in [1.29, 1.82) is 0 Å². The number of ether oxygens (including phenoxy) is 3. The molecule has 0 N–H and O–H groups in total. The molecule has 0 aliphatic carbocycles. The van der Waals surface area contributed by atoms with Crippen molar-refractivity contribution < 1.29 is 28.6 Å². The first kappa shape index (κ1) is 66.9. The molecule has 0 rings (SSSR count). The monoisotopic (exact) mass is 971 g/mol. The summed E-state index contributed by atoms with van der Waals surface area (Å²) in [6.07, 6.45) is 68.9. The van der Waals surface area contributed by atoms with Crippen LogP contribution in [0.15, 0.2) is 24.3 Å². The molecule has 0 aromatic heterocycles. The van der Waals surface area contributed by atoms with Crippen LogP contribution in [-0.2, 0) is 28.6 Å². The minimum absolute atomic E-state index is 0.0703. The van der Waals surface area contributed by atoms with Crippen molar-refractivity contribution in [3.8, 4) is 0 Å². The van der Waals surface area contributed by atoms with Crippen molar-refractivity contribution in [2.75, 3.05) is 13.2 Å². The zero-order chi connectivity index (χ0) is 50.0. The summed E-state index contributed by atoms with van der Waals surface area (Å²) < 4.78 is 16.9. The minimum Gasteiger partial charge on any atom is -0.462 e. The smallest absolute Gasteiger partial charge is 0.306 e. The van der Waals surface area contributed by atoms with Gasteiger partial charge in [0.15, 0.2) is 6.10 Å². The number of esters is 3. The summed E-state index contributed by atoms with van der Waals surface area (Å²) in [4.78, 5) is 38.2. The molecule has 69 heavy (non-hydrogen) atoms. The first-order valence-corrected chi connectivity index (χ1v) is 30.8. The topological polar surface area (TPSA) is 78.9 Å². The fraction of sp³-hybridized carbons (Fsp3) is 0.889. The van der Waals surface area contributed by atoms with E-state index in [0.29, 0.717) is 19.3 Å². The second-order valence-electron chi connectivity index (χ2n) is 21.0. The third-order valence-corrected chi connectivity index (χ3v) is 13.9. The maximum Gasteiger partial charge on any atom is 0.306 e. The van der Waals surface area contributed by atoms with Crippen molar-refractivity contribution in [1.82, 2.24) is 0 Å². The predicted octanol–water partition coefficient (Wildman–Crippen LogP) is 20.7. The van der Waals surface area contributed by atoms with Gasteiger partial charge in [0.25, 0.3) is 0 Å². The van der Waals surface area contributed by atoms with Crippen LogP contribution < -0.4 is 0 Å². The van der Waals surface area contributed by atoms with Crippen molar-refractivity contribution >= 4 is 17.9 Å². The molecule has 0 amide bonds. The van der Waals surface area contributed by atoms with Crippen LogP contribution in [0.5, 0.6) is 0 Å². The summed E-state index contributed by atoms with van der Waals surface area (Å²) in [5.41, 5.74) is 0. The lowest BCUT2D eigenvalue weighted by atomic mass is 10.0. The Morgan fingerprint density at radius 3 is 0.739 bits per heavy atom. The molecular formula is C63H118O6. The molecule has 1 atom stereocenters. The molecule has 0 bridgehead atoms. The van der Waals surface area contributed by atoms with Crippen LogP contribution in [-0.4, -0.2) is 37.2 Å². The molecule has 0 radical (unpaired) electrons. The van der Waals surface area contributed by atoms with E-state index in [-0.39, 0.29) is 31.1 Å². The zero-order valence-corrected chi connectivity index (χ0v) is 46.6. The lowest BCUT2D eigenvalue weighted by molar-refractivity contribution is -0.167. The highest BCUT2D eigenvalue weighted by atomic mass is 16.6. The van der Waals surface area contributed by atoms with E-state index in [4.69, 9.17) is 14.2 Å². The van der Waals surface area contributed by atoms with E-state index in [2.05, 4.69) is 45.1 Å². The first-order chi connectivity index (χ1) is 34.0. The number of carbonyl (C=O) groups excluding carboxylic acids is 3. The van der Waals surface area contributed by atoms with Gasteiger partial charge in [0, 0.05) is 19.3 Å². The standard InChI is InChI=1S/C63H118O6/c1-4-7-10-13-16-19-22-25-27-29-30-31-32-34-35-38-41-44-47-50-53-56-62(65)68-59-60(58-67-61(64)55-52-49-46-43-40-37-24-21-18-15-12-9-6-3)69-63(66)57-54-51-48-45-42-39-36-33-28-26-23-20-17-14-11-8-5-2/h21,24,29-30,60H,4-20,22-23,25-28,31-59H2,1-3H3/b24-21-,30-29-. The Labute approximate surface area is 430 Å². The van der Waals surface area contributed by atoms with Crippen LogP contribution in [0, 0.1) is 0 Å². The molecule has 0 saturated carbocycles. The van der Waals surface area contributed by atoms with Crippen LogP contribution in [0.25, 0.3) is 0 Å². The Hall–Kier alpha value is -2.11. The number of hydrogen-bond acceptors (Lipinski definition) is 6. The molecule has 0 saturated heterocycles. The number of unbranched alkanes of at least 4 members (excludes halogenated alkanes) is 42. The third kappa shape index (κ3) is 56.7. The highest BCUT2D eigenvalue weighted by molar-refractivity contribution is 5.71. The van der Waals surface area contributed by atoms with Gasteiger partial charge in [-0.15, -0.1) is 0 Å². The van der Waals surface area contributed by atoms with Crippen LogP contribution >= 0.6 is 0 Å². The molecule has 406 valence electrons. The molecule has 6 heteroatoms. The van der Waals surface area contributed by atoms with E-state index in [1.54, 1.807) is 0 Å². The molecule has 0 aromatic rings. The second-order valence-corrected chi connectivity index (χ2v) is 21.0. The van der Waals surface area contributed by atoms with Crippen molar-refractivity contribution in [3.05, 3.63) is 24.3 Å².